The molecule has 1 aromatic heterocycles. The topological polar surface area (TPSA) is 89.1 Å². The molecule has 0 amide bonds. The predicted octanol–water partition coefficient (Wildman–Crippen LogP) is 1.78. The Morgan fingerprint density at radius 2 is 1.89 bits per heavy atom. The van der Waals surface area contributed by atoms with Gasteiger partial charge in [0.05, 0.1) is 11.7 Å². The molecule has 3 N–H and O–H groups in total. The lowest BCUT2D eigenvalue weighted by Crippen LogP contribution is -2.21. The lowest BCUT2D eigenvalue weighted by molar-refractivity contribution is -0.192. The van der Waals surface area contributed by atoms with Crippen molar-refractivity contribution in [1.29, 1.82) is 0 Å². The van der Waals surface area contributed by atoms with Crippen molar-refractivity contribution in [3.05, 3.63) is 23.8 Å². The number of hydrogen-bond donors (Lipinski definition) is 2. The number of carboxylic acid groups (broad SMARTS) is 1. The van der Waals surface area contributed by atoms with Gasteiger partial charge in [-0.3, -0.25) is 0 Å². The van der Waals surface area contributed by atoms with E-state index in [1.54, 1.807) is 0 Å². The van der Waals surface area contributed by atoms with Crippen LogP contribution in [0.4, 0.5) is 13.2 Å². The molecule has 1 heterocycles. The number of alkyl halides is 3. The molecule has 0 aliphatic heterocycles. The van der Waals surface area contributed by atoms with Crippen molar-refractivity contribution in [2.45, 2.75) is 12.7 Å². The first kappa shape index (κ1) is 14.3. The number of rotatable bonds is 1. The van der Waals surface area contributed by atoms with Crippen LogP contribution in [0.2, 0.25) is 0 Å². The van der Waals surface area contributed by atoms with Crippen LogP contribution in [-0.2, 0) is 11.3 Å². The highest BCUT2D eigenvalue weighted by atomic mass is 32.1. The van der Waals surface area contributed by atoms with E-state index in [9.17, 15) is 13.2 Å². The Balaban J connectivity index is 0.000000203. The number of aliphatic carboxylic acids is 1. The van der Waals surface area contributed by atoms with Gasteiger partial charge in [-0.1, -0.05) is 6.07 Å². The fourth-order valence-electron chi connectivity index (χ4n) is 0.955. The van der Waals surface area contributed by atoms with Gasteiger partial charge in [-0.05, 0) is 17.7 Å². The highest BCUT2D eigenvalue weighted by Gasteiger charge is 2.38. The van der Waals surface area contributed by atoms with Crippen molar-refractivity contribution in [2.24, 2.45) is 5.73 Å². The maximum absolute atomic E-state index is 10.6. The smallest absolute Gasteiger partial charge is 0.475 e. The molecule has 2 aromatic rings. The minimum atomic E-state index is -5.08. The lowest BCUT2D eigenvalue weighted by Gasteiger charge is -1.93. The normalized spacial score (nSPS) is 10.9. The number of fused-ring (bicyclic) bond motifs is 1. The fourth-order valence-corrected chi connectivity index (χ4v) is 1.47. The van der Waals surface area contributed by atoms with E-state index in [0.29, 0.717) is 6.54 Å². The zero-order valence-electron chi connectivity index (χ0n) is 8.81. The van der Waals surface area contributed by atoms with Crippen LogP contribution >= 0.6 is 11.7 Å². The summed E-state index contributed by atoms with van der Waals surface area (Å²) in [6.07, 6.45) is -5.08. The monoisotopic (exact) mass is 279 g/mol. The van der Waals surface area contributed by atoms with Crippen LogP contribution < -0.4 is 5.73 Å². The Labute approximate surface area is 103 Å². The zero-order valence-corrected chi connectivity index (χ0v) is 9.63. The van der Waals surface area contributed by atoms with Gasteiger partial charge in [-0.2, -0.15) is 21.9 Å². The highest BCUT2D eigenvalue weighted by molar-refractivity contribution is 7.00. The number of carbonyl (C=O) groups is 1. The van der Waals surface area contributed by atoms with Crippen molar-refractivity contribution in [3.8, 4) is 0 Å². The van der Waals surface area contributed by atoms with Crippen LogP contribution in [0.1, 0.15) is 5.56 Å². The van der Waals surface area contributed by atoms with Crippen LogP contribution in [0.3, 0.4) is 0 Å². The molecule has 2 rings (SSSR count). The third-order valence-corrected chi connectivity index (χ3v) is 2.35. The first-order valence-electron chi connectivity index (χ1n) is 4.56. The SMILES string of the molecule is NCc1ccc2nsnc2c1.O=C(O)C(F)(F)F. The molecule has 0 bridgehead atoms. The van der Waals surface area contributed by atoms with Gasteiger partial charge in [0.2, 0.25) is 0 Å². The third-order valence-electron chi connectivity index (χ3n) is 1.80. The van der Waals surface area contributed by atoms with E-state index in [4.69, 9.17) is 15.6 Å². The van der Waals surface area contributed by atoms with Crippen molar-refractivity contribution < 1.29 is 23.1 Å². The molecule has 0 saturated carbocycles. The molecule has 0 radical (unpaired) electrons. The maximum Gasteiger partial charge on any atom is 0.490 e. The van der Waals surface area contributed by atoms with Gasteiger partial charge in [0.15, 0.2) is 0 Å². The molecular formula is C9H8F3N3O2S. The van der Waals surface area contributed by atoms with E-state index in [1.165, 1.54) is 11.7 Å². The van der Waals surface area contributed by atoms with Gasteiger partial charge in [-0.15, -0.1) is 0 Å². The molecular weight excluding hydrogens is 271 g/mol. The Kier molecular flexibility index (Phi) is 4.56. The molecule has 0 unspecified atom stereocenters. The van der Waals surface area contributed by atoms with Gasteiger partial charge in [0.1, 0.15) is 11.0 Å². The van der Waals surface area contributed by atoms with Crippen LogP contribution in [0.15, 0.2) is 18.2 Å². The summed E-state index contributed by atoms with van der Waals surface area (Å²) in [7, 11) is 0. The second kappa shape index (κ2) is 5.74. The molecule has 0 fully saturated rings. The molecule has 0 saturated heterocycles. The Morgan fingerprint density at radius 1 is 1.33 bits per heavy atom. The van der Waals surface area contributed by atoms with Crippen molar-refractivity contribution in [2.75, 3.05) is 0 Å². The van der Waals surface area contributed by atoms with E-state index >= 15 is 0 Å². The minimum absolute atomic E-state index is 0.563. The summed E-state index contributed by atoms with van der Waals surface area (Å²) in [5.41, 5.74) is 8.46. The highest BCUT2D eigenvalue weighted by Crippen LogP contribution is 2.13. The summed E-state index contributed by atoms with van der Waals surface area (Å²) in [6.45, 7) is 0.563. The van der Waals surface area contributed by atoms with Gasteiger partial charge < -0.3 is 10.8 Å². The summed E-state index contributed by atoms with van der Waals surface area (Å²) in [4.78, 5) is 8.90. The molecule has 5 nitrogen and oxygen atoms in total. The summed E-state index contributed by atoms with van der Waals surface area (Å²) in [6, 6.07) is 5.89. The molecule has 0 spiro atoms. The molecule has 0 aliphatic carbocycles. The summed E-state index contributed by atoms with van der Waals surface area (Å²) in [5.74, 6) is -2.76. The van der Waals surface area contributed by atoms with Crippen LogP contribution in [0.25, 0.3) is 11.0 Å². The van der Waals surface area contributed by atoms with Gasteiger partial charge in [-0.25, -0.2) is 4.79 Å². The fraction of sp³-hybridized carbons (Fsp3) is 0.222. The number of aromatic nitrogens is 2. The summed E-state index contributed by atoms with van der Waals surface area (Å²) in [5, 5.41) is 7.12. The number of hydrogen-bond acceptors (Lipinski definition) is 5. The largest absolute Gasteiger partial charge is 0.490 e. The molecule has 18 heavy (non-hydrogen) atoms. The average molecular weight is 279 g/mol. The number of carboxylic acids is 1. The second-order valence-electron chi connectivity index (χ2n) is 3.09. The van der Waals surface area contributed by atoms with E-state index in [-0.39, 0.29) is 0 Å². The van der Waals surface area contributed by atoms with Gasteiger partial charge in [0, 0.05) is 6.54 Å². The standard InChI is InChI=1S/C7H7N3S.C2HF3O2/c8-4-5-1-2-6-7(3-5)10-11-9-6;3-2(4,5)1(6)7/h1-3H,4,8H2;(H,6,7). The second-order valence-corrected chi connectivity index (χ2v) is 3.62. The van der Waals surface area contributed by atoms with Crippen molar-refractivity contribution in [3.63, 3.8) is 0 Å². The maximum atomic E-state index is 10.6. The van der Waals surface area contributed by atoms with Gasteiger partial charge in [0.25, 0.3) is 0 Å². The summed E-state index contributed by atoms with van der Waals surface area (Å²) >= 11 is 1.23. The number of nitrogens with two attached hydrogens (primary N) is 1. The van der Waals surface area contributed by atoms with Crippen LogP contribution in [0.5, 0.6) is 0 Å². The van der Waals surface area contributed by atoms with E-state index in [1.807, 2.05) is 18.2 Å². The summed E-state index contributed by atoms with van der Waals surface area (Å²) < 4.78 is 39.9. The first-order valence-corrected chi connectivity index (χ1v) is 5.29. The van der Waals surface area contributed by atoms with Crippen LogP contribution in [-0.4, -0.2) is 26.0 Å². The minimum Gasteiger partial charge on any atom is -0.475 e. The quantitative estimate of drug-likeness (QED) is 0.830. The number of nitrogens with zero attached hydrogens (tertiary/aromatic N) is 2. The molecule has 98 valence electrons. The molecule has 0 aliphatic rings. The van der Waals surface area contributed by atoms with Crippen molar-refractivity contribution >= 4 is 28.7 Å². The van der Waals surface area contributed by atoms with Crippen molar-refractivity contribution in [1.82, 2.24) is 8.75 Å². The predicted molar refractivity (Wildman–Crippen MR) is 59.0 cm³/mol. The van der Waals surface area contributed by atoms with Crippen LogP contribution in [0, 0.1) is 0 Å². The first-order chi connectivity index (χ1) is 8.34. The van der Waals surface area contributed by atoms with Gasteiger partial charge >= 0.3 is 12.1 Å². The molecule has 9 heteroatoms. The zero-order chi connectivity index (χ0) is 13.8. The Morgan fingerprint density at radius 3 is 2.39 bits per heavy atom. The number of benzene rings is 1. The third kappa shape index (κ3) is 3.93. The van der Waals surface area contributed by atoms with E-state index in [2.05, 4.69) is 8.75 Å². The van der Waals surface area contributed by atoms with E-state index < -0.39 is 12.1 Å². The Hall–Kier alpha value is -1.74. The molecule has 0 atom stereocenters. The molecule has 1 aromatic carbocycles. The Bertz CT molecular complexity index is 541. The number of halogens is 3. The van der Waals surface area contributed by atoms with E-state index in [0.717, 1.165) is 16.6 Å². The lowest BCUT2D eigenvalue weighted by atomic mass is 10.2. The average Bonchev–Trinajstić information content (AvgIpc) is 2.75.